The summed E-state index contributed by atoms with van der Waals surface area (Å²) in [6.45, 7) is 8.52. The summed E-state index contributed by atoms with van der Waals surface area (Å²) in [6, 6.07) is 0. The summed E-state index contributed by atoms with van der Waals surface area (Å²) in [5, 5.41) is 9.62. The standard InChI is InChI=1S/C36H63N3O7/c1-23(8-7-19-40)26-12-13-27-34-28(22-30(36(26,27)3)46-33(43)11-6-18-39)35(2)15-14-25(44-31(41)9-4-16-37)20-24(35)21-29(34)45-32(42)10-5-17-38/h23-30,34,40H,4-22,37-39H2,1-3H3/t23-,24?,25-,26-,27+,28+,29-,30+,34?,35+,36-/m1/s1. The van der Waals surface area contributed by atoms with Crippen LogP contribution in [0.5, 0.6) is 0 Å². The lowest BCUT2D eigenvalue weighted by atomic mass is 9.43. The number of carbonyl (C=O) groups excluding carboxylic acids is 3. The number of nitrogens with two attached hydrogens (primary N) is 3. The third-order valence-electron chi connectivity index (χ3n) is 12.9. The van der Waals surface area contributed by atoms with Gasteiger partial charge in [-0.25, -0.2) is 0 Å². The summed E-state index contributed by atoms with van der Waals surface area (Å²) in [5.41, 5.74) is 16.8. The summed E-state index contributed by atoms with van der Waals surface area (Å²) in [7, 11) is 0. The average molecular weight is 650 g/mol. The zero-order valence-electron chi connectivity index (χ0n) is 28.8. The van der Waals surface area contributed by atoms with Crippen molar-refractivity contribution in [3.63, 3.8) is 0 Å². The number of aliphatic hydroxyl groups excluding tert-OH is 1. The van der Waals surface area contributed by atoms with Gasteiger partial charge < -0.3 is 36.5 Å². The van der Waals surface area contributed by atoms with E-state index in [2.05, 4.69) is 20.8 Å². The molecule has 4 fully saturated rings. The Morgan fingerprint density at radius 1 is 0.783 bits per heavy atom. The van der Waals surface area contributed by atoms with Gasteiger partial charge in [0.1, 0.15) is 18.3 Å². The molecule has 4 aliphatic rings. The number of rotatable bonds is 16. The SMILES string of the molecule is C[C@H](CCCO)[C@H]1CC[C@H]2C3[C@H](OC(=O)CCCN)CC4C[C@H](OC(=O)CCCN)CC[C@]4(C)[C@H]3C[C@H](OC(=O)CCCN)[C@]12C. The van der Waals surface area contributed by atoms with Crippen LogP contribution in [-0.4, -0.2) is 67.6 Å². The Bertz CT molecular complexity index is 1030. The number of hydrogen-bond donors (Lipinski definition) is 4. The Hall–Kier alpha value is -1.75. The van der Waals surface area contributed by atoms with Crippen LogP contribution < -0.4 is 17.2 Å². The van der Waals surface area contributed by atoms with Crippen LogP contribution in [0.2, 0.25) is 0 Å². The lowest BCUT2D eigenvalue weighted by Gasteiger charge is -2.64. The fourth-order valence-electron chi connectivity index (χ4n) is 10.5. The monoisotopic (exact) mass is 649 g/mol. The highest BCUT2D eigenvalue weighted by Gasteiger charge is 2.67. The third-order valence-corrected chi connectivity index (χ3v) is 12.9. The highest BCUT2D eigenvalue weighted by Crippen LogP contribution is 2.69. The van der Waals surface area contributed by atoms with E-state index in [-0.39, 0.29) is 77.3 Å². The van der Waals surface area contributed by atoms with E-state index in [9.17, 15) is 19.5 Å². The lowest BCUT2D eigenvalue weighted by Crippen LogP contribution is -2.63. The Labute approximate surface area is 276 Å². The van der Waals surface area contributed by atoms with Crippen molar-refractivity contribution in [2.24, 2.45) is 63.5 Å². The van der Waals surface area contributed by atoms with E-state index < -0.39 is 0 Å². The van der Waals surface area contributed by atoms with Crippen LogP contribution in [-0.2, 0) is 28.6 Å². The van der Waals surface area contributed by atoms with Gasteiger partial charge in [0.25, 0.3) is 0 Å². The van der Waals surface area contributed by atoms with Crippen molar-refractivity contribution >= 4 is 17.9 Å². The number of fused-ring (bicyclic) bond motifs is 5. The van der Waals surface area contributed by atoms with E-state index in [1.54, 1.807) is 0 Å². The van der Waals surface area contributed by atoms with Crippen LogP contribution in [0.15, 0.2) is 0 Å². The van der Waals surface area contributed by atoms with Gasteiger partial charge >= 0.3 is 17.9 Å². The van der Waals surface area contributed by atoms with Gasteiger partial charge in [0, 0.05) is 37.2 Å². The van der Waals surface area contributed by atoms with E-state index in [0.717, 1.165) is 57.8 Å². The summed E-state index contributed by atoms with van der Waals surface area (Å²) < 4.78 is 18.9. The maximum absolute atomic E-state index is 13.3. The molecule has 10 nitrogen and oxygen atoms in total. The number of carbonyl (C=O) groups is 3. The van der Waals surface area contributed by atoms with Gasteiger partial charge in [0.15, 0.2) is 0 Å². The molecule has 0 aromatic heterocycles. The Morgan fingerprint density at radius 3 is 2.00 bits per heavy atom. The quantitative estimate of drug-likeness (QED) is 0.140. The molecule has 0 aromatic rings. The minimum absolute atomic E-state index is 0.0607. The van der Waals surface area contributed by atoms with E-state index in [1.165, 1.54) is 0 Å². The molecule has 264 valence electrons. The van der Waals surface area contributed by atoms with Crippen molar-refractivity contribution in [1.82, 2.24) is 0 Å². The van der Waals surface area contributed by atoms with Crippen molar-refractivity contribution in [3.05, 3.63) is 0 Å². The summed E-state index contributed by atoms with van der Waals surface area (Å²) >= 11 is 0. The first-order valence-corrected chi connectivity index (χ1v) is 18.3. The molecule has 7 N–H and O–H groups in total. The maximum Gasteiger partial charge on any atom is 0.306 e. The van der Waals surface area contributed by atoms with Gasteiger partial charge in [-0.1, -0.05) is 20.8 Å². The van der Waals surface area contributed by atoms with Crippen LogP contribution in [0.3, 0.4) is 0 Å². The summed E-state index contributed by atoms with van der Waals surface area (Å²) in [5.74, 6) is 0.931. The predicted molar refractivity (Wildman–Crippen MR) is 176 cm³/mol. The molecule has 10 heteroatoms. The van der Waals surface area contributed by atoms with Crippen molar-refractivity contribution in [3.8, 4) is 0 Å². The molecule has 4 rings (SSSR count). The minimum atomic E-state index is -0.269. The predicted octanol–water partition coefficient (Wildman–Crippen LogP) is 4.23. The summed E-state index contributed by atoms with van der Waals surface area (Å²) in [6.07, 6.45) is 9.75. The van der Waals surface area contributed by atoms with Crippen molar-refractivity contribution in [2.45, 2.75) is 135 Å². The zero-order valence-corrected chi connectivity index (χ0v) is 28.8. The lowest BCUT2D eigenvalue weighted by molar-refractivity contribution is -0.226. The first kappa shape index (κ1) is 37.1. The van der Waals surface area contributed by atoms with E-state index in [4.69, 9.17) is 31.4 Å². The molecule has 46 heavy (non-hydrogen) atoms. The van der Waals surface area contributed by atoms with Gasteiger partial charge in [0.2, 0.25) is 0 Å². The van der Waals surface area contributed by atoms with Gasteiger partial charge in [-0.2, -0.15) is 0 Å². The van der Waals surface area contributed by atoms with Crippen molar-refractivity contribution < 1.29 is 33.7 Å². The highest BCUT2D eigenvalue weighted by atomic mass is 16.6. The Kier molecular flexibility index (Phi) is 13.4. The topological polar surface area (TPSA) is 177 Å². The number of hydrogen-bond acceptors (Lipinski definition) is 10. The smallest absolute Gasteiger partial charge is 0.306 e. The summed E-state index contributed by atoms with van der Waals surface area (Å²) in [4.78, 5) is 39.0. The molecule has 0 amide bonds. The molecular weight excluding hydrogens is 586 g/mol. The van der Waals surface area contributed by atoms with E-state index in [0.29, 0.717) is 70.0 Å². The van der Waals surface area contributed by atoms with Crippen LogP contribution >= 0.6 is 0 Å². The Balaban J connectivity index is 1.68. The molecule has 0 spiro atoms. The van der Waals surface area contributed by atoms with Gasteiger partial charge in [-0.05, 0) is 132 Å². The fourth-order valence-corrected chi connectivity index (χ4v) is 10.5. The zero-order chi connectivity index (χ0) is 33.5. The van der Waals surface area contributed by atoms with Gasteiger partial charge in [-0.15, -0.1) is 0 Å². The second-order valence-corrected chi connectivity index (χ2v) is 15.4. The molecule has 0 bridgehead atoms. The van der Waals surface area contributed by atoms with Gasteiger partial charge in [-0.3, -0.25) is 14.4 Å². The Morgan fingerprint density at radius 2 is 1.39 bits per heavy atom. The average Bonchev–Trinajstić information content (AvgIpc) is 3.39. The third kappa shape index (κ3) is 7.92. The van der Waals surface area contributed by atoms with Gasteiger partial charge in [0.05, 0.1) is 0 Å². The van der Waals surface area contributed by atoms with Crippen LogP contribution in [0.25, 0.3) is 0 Å². The molecule has 4 aliphatic carbocycles. The van der Waals surface area contributed by atoms with Crippen molar-refractivity contribution in [1.29, 1.82) is 0 Å². The number of esters is 3. The molecule has 2 unspecified atom stereocenters. The van der Waals surface area contributed by atoms with Crippen LogP contribution in [0, 0.1) is 46.3 Å². The van der Waals surface area contributed by atoms with Crippen LogP contribution in [0.4, 0.5) is 0 Å². The number of aliphatic hydroxyl groups is 1. The second-order valence-electron chi connectivity index (χ2n) is 15.4. The first-order valence-electron chi connectivity index (χ1n) is 18.3. The molecule has 0 aliphatic heterocycles. The van der Waals surface area contributed by atoms with E-state index >= 15 is 0 Å². The molecule has 0 aromatic carbocycles. The first-order chi connectivity index (χ1) is 22.0. The van der Waals surface area contributed by atoms with E-state index in [1.807, 2.05) is 0 Å². The highest BCUT2D eigenvalue weighted by molar-refractivity contribution is 5.70. The molecule has 11 atom stereocenters. The largest absolute Gasteiger partial charge is 0.462 e. The normalized spacial score (nSPS) is 37.4. The minimum Gasteiger partial charge on any atom is -0.462 e. The number of ether oxygens (including phenoxy) is 3. The fraction of sp³-hybridized carbons (Fsp3) is 0.917. The molecule has 0 heterocycles. The molecular formula is C36H63N3O7. The molecule has 0 radical (unpaired) electrons. The van der Waals surface area contributed by atoms with Crippen LogP contribution in [0.1, 0.15) is 117 Å². The second kappa shape index (κ2) is 16.6. The molecule has 4 saturated carbocycles. The maximum atomic E-state index is 13.3. The molecule has 0 saturated heterocycles. The van der Waals surface area contributed by atoms with Crippen molar-refractivity contribution in [2.75, 3.05) is 26.2 Å².